The predicted molar refractivity (Wildman–Crippen MR) is 55.8 cm³/mol. The number of ether oxygens (including phenoxy) is 1. The molecule has 0 spiro atoms. The maximum absolute atomic E-state index is 12.5. The number of hydrogen-bond acceptors (Lipinski definition) is 4. The van der Waals surface area contributed by atoms with Crippen molar-refractivity contribution in [2.24, 2.45) is 0 Å². The number of rotatable bonds is 3. The molecule has 1 aromatic heterocycles. The van der Waals surface area contributed by atoms with Crippen LogP contribution >= 0.6 is 23.7 Å². The first-order valence-electron chi connectivity index (χ1n) is 3.79. The topological polar surface area (TPSA) is 53.3 Å². The molecule has 2 N–H and O–H groups in total. The highest BCUT2D eigenvalue weighted by atomic mass is 35.5. The van der Waals surface area contributed by atoms with Gasteiger partial charge in [-0.1, -0.05) is 0 Å². The summed E-state index contributed by atoms with van der Waals surface area (Å²) in [6.45, 7) is 2.04. The van der Waals surface area contributed by atoms with Crippen LogP contribution in [0.1, 0.15) is 17.9 Å². The first kappa shape index (κ1) is 13.4. The fourth-order valence-corrected chi connectivity index (χ4v) is 1.55. The summed E-state index contributed by atoms with van der Waals surface area (Å²) < 4.78 is 17.3. The Morgan fingerprint density at radius 2 is 2.36 bits per heavy atom. The molecule has 1 heterocycles. The van der Waals surface area contributed by atoms with E-state index >= 15 is 0 Å². The quantitative estimate of drug-likeness (QED) is 0.629. The number of nitrogens with one attached hydrogen (secondary N) is 1. The van der Waals surface area contributed by atoms with Crippen molar-refractivity contribution in [2.45, 2.75) is 13.0 Å². The van der Waals surface area contributed by atoms with Gasteiger partial charge in [0.15, 0.2) is 11.2 Å². The average molecular weight is 240 g/mol. The minimum absolute atomic E-state index is 0. The lowest BCUT2D eigenvalue weighted by Crippen LogP contribution is -2.13. The average Bonchev–Trinajstić information content (AvgIpc) is 2.51. The maximum atomic E-state index is 12.5. The summed E-state index contributed by atoms with van der Waals surface area (Å²) >= 11 is 0.813. The van der Waals surface area contributed by atoms with Crippen LogP contribution in [0.5, 0.6) is 0 Å². The summed E-state index contributed by atoms with van der Waals surface area (Å²) in [4.78, 5) is 0.385. The number of halogens is 2. The monoisotopic (exact) mass is 239 g/mol. The van der Waals surface area contributed by atoms with Gasteiger partial charge in [0, 0.05) is 4.88 Å². The molecule has 6 heteroatoms. The van der Waals surface area contributed by atoms with Crippen molar-refractivity contribution in [3.63, 3.8) is 0 Å². The largest absolute Gasteiger partial charge is 0.479 e. The summed E-state index contributed by atoms with van der Waals surface area (Å²) in [5.74, 6) is -0.246. The Labute approximate surface area is 91.4 Å². The molecule has 1 rings (SSSR count). The van der Waals surface area contributed by atoms with Gasteiger partial charge >= 0.3 is 0 Å². The van der Waals surface area contributed by atoms with Gasteiger partial charge in [0.2, 0.25) is 5.90 Å². The molecule has 1 aromatic rings. The van der Waals surface area contributed by atoms with Crippen molar-refractivity contribution in [3.8, 4) is 0 Å². The zero-order valence-electron chi connectivity index (χ0n) is 7.49. The molecule has 0 fully saturated rings. The minimum Gasteiger partial charge on any atom is -0.479 e. The Kier molecular flexibility index (Phi) is 5.68. The standard InChI is InChI=1S/C8H10FNO2S.ClH/c1-2-12-8(10)7(11)5-3-4-6(9)13-5;/h3-4,7,10-11H,2H2,1H3;1H. The van der Waals surface area contributed by atoms with Crippen LogP contribution in [0.25, 0.3) is 0 Å². The van der Waals surface area contributed by atoms with E-state index in [9.17, 15) is 9.50 Å². The second kappa shape index (κ2) is 5.95. The molecule has 1 unspecified atom stereocenters. The van der Waals surface area contributed by atoms with E-state index in [1.54, 1.807) is 6.92 Å². The third-order valence-corrected chi connectivity index (χ3v) is 2.34. The Balaban J connectivity index is 0.00000169. The Hall–Kier alpha value is -0.650. The van der Waals surface area contributed by atoms with Crippen molar-refractivity contribution in [3.05, 3.63) is 22.1 Å². The molecule has 14 heavy (non-hydrogen) atoms. The molecular formula is C8H11ClFNO2S. The predicted octanol–water partition coefficient (Wildman–Crippen LogP) is 2.36. The van der Waals surface area contributed by atoms with Crippen LogP contribution < -0.4 is 0 Å². The first-order chi connectivity index (χ1) is 6.15. The normalized spacial score (nSPS) is 11.6. The molecule has 0 radical (unpaired) electrons. The number of thiophene rings is 1. The molecule has 0 saturated heterocycles. The highest BCUT2D eigenvalue weighted by Crippen LogP contribution is 2.22. The second-order valence-corrected chi connectivity index (χ2v) is 3.41. The van der Waals surface area contributed by atoms with Crippen LogP contribution in [0.4, 0.5) is 4.39 Å². The fraction of sp³-hybridized carbons (Fsp3) is 0.375. The smallest absolute Gasteiger partial charge is 0.215 e. The lowest BCUT2D eigenvalue weighted by molar-refractivity contribution is 0.193. The van der Waals surface area contributed by atoms with Gasteiger partial charge in [-0.05, 0) is 19.1 Å². The molecule has 3 nitrogen and oxygen atoms in total. The Morgan fingerprint density at radius 1 is 1.71 bits per heavy atom. The molecule has 0 aliphatic rings. The van der Waals surface area contributed by atoms with Crippen LogP contribution in [-0.2, 0) is 4.74 Å². The van der Waals surface area contributed by atoms with Crippen LogP contribution in [0, 0.1) is 10.5 Å². The maximum Gasteiger partial charge on any atom is 0.215 e. The molecule has 1 atom stereocenters. The lowest BCUT2D eigenvalue weighted by atomic mass is 10.3. The van der Waals surface area contributed by atoms with Gasteiger partial charge in [-0.25, -0.2) is 0 Å². The molecule has 0 amide bonds. The van der Waals surface area contributed by atoms with Crippen LogP contribution in [0.3, 0.4) is 0 Å². The van der Waals surface area contributed by atoms with Gasteiger partial charge in [-0.15, -0.1) is 23.7 Å². The third-order valence-electron chi connectivity index (χ3n) is 1.41. The molecule has 0 aliphatic carbocycles. The summed E-state index contributed by atoms with van der Waals surface area (Å²) in [6, 6.07) is 2.70. The number of hydrogen-bond donors (Lipinski definition) is 2. The van der Waals surface area contributed by atoms with E-state index in [0.717, 1.165) is 11.3 Å². The van der Waals surface area contributed by atoms with Gasteiger partial charge in [-0.2, -0.15) is 4.39 Å². The molecule has 80 valence electrons. The van der Waals surface area contributed by atoms with Crippen molar-refractivity contribution < 1.29 is 14.2 Å². The van der Waals surface area contributed by atoms with E-state index in [1.807, 2.05) is 0 Å². The van der Waals surface area contributed by atoms with E-state index in [4.69, 9.17) is 10.1 Å². The molecule has 0 saturated carbocycles. The zero-order valence-corrected chi connectivity index (χ0v) is 9.12. The van der Waals surface area contributed by atoms with Crippen molar-refractivity contribution in [1.29, 1.82) is 5.41 Å². The van der Waals surface area contributed by atoms with Gasteiger partial charge in [0.25, 0.3) is 0 Å². The van der Waals surface area contributed by atoms with E-state index in [0.29, 0.717) is 11.5 Å². The molecule has 0 aliphatic heterocycles. The number of aliphatic hydroxyl groups excluding tert-OH is 1. The summed E-state index contributed by atoms with van der Waals surface area (Å²) in [6.07, 6.45) is -1.14. The zero-order chi connectivity index (χ0) is 9.84. The van der Waals surface area contributed by atoms with Gasteiger partial charge in [0.1, 0.15) is 0 Å². The SMILES string of the molecule is CCOC(=N)C(O)c1ccc(F)s1.Cl. The second-order valence-electron chi connectivity index (χ2n) is 2.34. The van der Waals surface area contributed by atoms with Gasteiger partial charge in [0.05, 0.1) is 6.61 Å². The van der Waals surface area contributed by atoms with Crippen LogP contribution in [0.2, 0.25) is 0 Å². The van der Waals surface area contributed by atoms with Crippen molar-refractivity contribution >= 4 is 29.6 Å². The summed E-state index contributed by atoms with van der Waals surface area (Å²) in [5, 5.41) is 16.3. The van der Waals surface area contributed by atoms with Gasteiger partial charge < -0.3 is 9.84 Å². The van der Waals surface area contributed by atoms with Crippen LogP contribution in [-0.4, -0.2) is 17.6 Å². The van der Waals surface area contributed by atoms with Gasteiger partial charge in [-0.3, -0.25) is 5.41 Å². The Bertz CT molecular complexity index is 305. The van der Waals surface area contributed by atoms with Crippen LogP contribution in [0.15, 0.2) is 12.1 Å². The van der Waals surface area contributed by atoms with E-state index < -0.39 is 6.10 Å². The van der Waals surface area contributed by atoms with E-state index in [2.05, 4.69) is 0 Å². The van der Waals surface area contributed by atoms with Crippen molar-refractivity contribution in [1.82, 2.24) is 0 Å². The summed E-state index contributed by atoms with van der Waals surface area (Å²) in [5.41, 5.74) is 0. The lowest BCUT2D eigenvalue weighted by Gasteiger charge is -2.09. The molecular weight excluding hydrogens is 229 g/mol. The molecule has 0 aromatic carbocycles. The first-order valence-corrected chi connectivity index (χ1v) is 4.61. The van der Waals surface area contributed by atoms with E-state index in [-0.39, 0.29) is 23.4 Å². The minimum atomic E-state index is -1.14. The van der Waals surface area contributed by atoms with Crippen molar-refractivity contribution in [2.75, 3.05) is 6.61 Å². The fourth-order valence-electron chi connectivity index (χ4n) is 0.839. The molecule has 0 bridgehead atoms. The third kappa shape index (κ3) is 3.25. The Morgan fingerprint density at radius 3 is 2.79 bits per heavy atom. The highest BCUT2D eigenvalue weighted by molar-refractivity contribution is 7.10. The highest BCUT2D eigenvalue weighted by Gasteiger charge is 2.16. The number of aliphatic hydroxyl groups is 1. The van der Waals surface area contributed by atoms with E-state index in [1.165, 1.54) is 12.1 Å². The summed E-state index contributed by atoms with van der Waals surface area (Å²) in [7, 11) is 0.